The molecule has 0 spiro atoms. The van der Waals surface area contributed by atoms with Gasteiger partial charge in [0, 0.05) is 12.7 Å². The summed E-state index contributed by atoms with van der Waals surface area (Å²) in [5.41, 5.74) is 3.76. The van der Waals surface area contributed by atoms with E-state index in [0.29, 0.717) is 0 Å². The first-order valence-corrected chi connectivity index (χ1v) is 9.01. The second kappa shape index (κ2) is 6.65. The van der Waals surface area contributed by atoms with Gasteiger partial charge in [-0.05, 0) is 42.0 Å². The molecule has 116 valence electrons. The largest absolute Gasteiger partial charge is 0.310 e. The van der Waals surface area contributed by atoms with E-state index in [0.717, 1.165) is 19.0 Å². The Labute approximate surface area is 141 Å². The standard InChI is InChI=1S/C20H20N2S/c1-2-4-16(5-3-1)17-8-10-18(11-9-17)19-13-22-20(23-19)14-21-12-15-6-7-15/h1-5,8-11,13,15,21H,6-7,12,14H2. The van der Waals surface area contributed by atoms with Crippen LogP contribution in [0.1, 0.15) is 17.8 Å². The van der Waals surface area contributed by atoms with Crippen LogP contribution in [0.15, 0.2) is 60.8 Å². The van der Waals surface area contributed by atoms with Crippen LogP contribution in [0.2, 0.25) is 0 Å². The molecule has 2 nitrogen and oxygen atoms in total. The fraction of sp³-hybridized carbons (Fsp3) is 0.250. The Hall–Kier alpha value is -1.97. The molecule has 0 atom stereocenters. The molecule has 1 aliphatic carbocycles. The highest BCUT2D eigenvalue weighted by atomic mass is 32.1. The first-order valence-electron chi connectivity index (χ1n) is 8.20. The molecule has 0 saturated heterocycles. The van der Waals surface area contributed by atoms with Crippen LogP contribution in [0.3, 0.4) is 0 Å². The number of hydrogen-bond acceptors (Lipinski definition) is 3. The zero-order valence-corrected chi connectivity index (χ0v) is 13.9. The monoisotopic (exact) mass is 320 g/mol. The molecule has 3 heteroatoms. The van der Waals surface area contributed by atoms with E-state index in [9.17, 15) is 0 Å². The maximum atomic E-state index is 4.55. The van der Waals surface area contributed by atoms with Crippen LogP contribution in [0.4, 0.5) is 0 Å². The van der Waals surface area contributed by atoms with Gasteiger partial charge in [-0.2, -0.15) is 0 Å². The van der Waals surface area contributed by atoms with Gasteiger partial charge in [0.05, 0.1) is 4.88 Å². The van der Waals surface area contributed by atoms with Crippen molar-refractivity contribution >= 4 is 11.3 Å². The van der Waals surface area contributed by atoms with Gasteiger partial charge in [-0.25, -0.2) is 4.98 Å². The third kappa shape index (κ3) is 3.69. The van der Waals surface area contributed by atoms with Crippen LogP contribution in [0.5, 0.6) is 0 Å². The van der Waals surface area contributed by atoms with Gasteiger partial charge in [0.2, 0.25) is 0 Å². The third-order valence-corrected chi connectivity index (χ3v) is 5.28. The number of rotatable bonds is 6. The molecule has 1 heterocycles. The molecule has 0 aliphatic heterocycles. The summed E-state index contributed by atoms with van der Waals surface area (Å²) in [5, 5.41) is 4.68. The summed E-state index contributed by atoms with van der Waals surface area (Å²) in [6, 6.07) is 19.3. The van der Waals surface area contributed by atoms with Crippen molar-refractivity contribution < 1.29 is 0 Å². The Morgan fingerprint density at radius 2 is 1.61 bits per heavy atom. The van der Waals surface area contributed by atoms with Crippen molar-refractivity contribution in [2.24, 2.45) is 5.92 Å². The van der Waals surface area contributed by atoms with Gasteiger partial charge in [0.1, 0.15) is 5.01 Å². The Balaban J connectivity index is 1.44. The first-order chi connectivity index (χ1) is 11.4. The van der Waals surface area contributed by atoms with Crippen molar-refractivity contribution in [3.05, 3.63) is 65.8 Å². The molecular weight excluding hydrogens is 300 g/mol. The number of hydrogen-bond donors (Lipinski definition) is 1. The van der Waals surface area contributed by atoms with E-state index in [1.807, 2.05) is 12.3 Å². The molecule has 1 N–H and O–H groups in total. The van der Waals surface area contributed by atoms with Gasteiger partial charge in [0.25, 0.3) is 0 Å². The Kier molecular flexibility index (Phi) is 4.22. The normalized spacial score (nSPS) is 14.1. The average molecular weight is 320 g/mol. The summed E-state index contributed by atoms with van der Waals surface area (Å²) in [5.74, 6) is 0.917. The predicted molar refractivity (Wildman–Crippen MR) is 97.4 cm³/mol. The highest BCUT2D eigenvalue weighted by Crippen LogP contribution is 2.30. The summed E-state index contributed by atoms with van der Waals surface area (Å²) >= 11 is 1.79. The van der Waals surface area contributed by atoms with Crippen LogP contribution in [-0.4, -0.2) is 11.5 Å². The van der Waals surface area contributed by atoms with E-state index in [2.05, 4.69) is 58.8 Å². The second-order valence-corrected chi connectivity index (χ2v) is 7.25. The van der Waals surface area contributed by atoms with E-state index in [4.69, 9.17) is 0 Å². The molecule has 0 bridgehead atoms. The maximum Gasteiger partial charge on any atom is 0.107 e. The van der Waals surface area contributed by atoms with Gasteiger partial charge in [-0.15, -0.1) is 11.3 Å². The molecule has 1 aromatic heterocycles. The molecule has 2 aromatic carbocycles. The molecule has 1 aliphatic rings. The Morgan fingerprint density at radius 1 is 0.913 bits per heavy atom. The van der Waals surface area contributed by atoms with Gasteiger partial charge >= 0.3 is 0 Å². The molecule has 23 heavy (non-hydrogen) atoms. The minimum Gasteiger partial charge on any atom is -0.310 e. The van der Waals surface area contributed by atoms with E-state index < -0.39 is 0 Å². The maximum absolute atomic E-state index is 4.55. The van der Waals surface area contributed by atoms with Crippen molar-refractivity contribution in [1.29, 1.82) is 0 Å². The number of nitrogens with one attached hydrogen (secondary N) is 1. The van der Waals surface area contributed by atoms with Crippen molar-refractivity contribution in [2.45, 2.75) is 19.4 Å². The van der Waals surface area contributed by atoms with E-state index in [-0.39, 0.29) is 0 Å². The van der Waals surface area contributed by atoms with Crippen molar-refractivity contribution in [3.63, 3.8) is 0 Å². The lowest BCUT2D eigenvalue weighted by atomic mass is 10.0. The zero-order valence-electron chi connectivity index (χ0n) is 13.0. The first kappa shape index (κ1) is 14.6. The fourth-order valence-corrected chi connectivity index (χ4v) is 3.58. The Bertz CT molecular complexity index is 758. The summed E-state index contributed by atoms with van der Waals surface area (Å²) in [6.07, 6.45) is 4.78. The Morgan fingerprint density at radius 3 is 2.35 bits per heavy atom. The second-order valence-electron chi connectivity index (χ2n) is 6.14. The predicted octanol–water partition coefficient (Wildman–Crippen LogP) is 4.98. The van der Waals surface area contributed by atoms with Crippen LogP contribution in [0.25, 0.3) is 21.6 Å². The van der Waals surface area contributed by atoms with Crippen LogP contribution in [0, 0.1) is 5.92 Å². The molecule has 0 amide bonds. The van der Waals surface area contributed by atoms with Gasteiger partial charge in [-0.3, -0.25) is 0 Å². The van der Waals surface area contributed by atoms with E-state index >= 15 is 0 Å². The summed E-state index contributed by atoms with van der Waals surface area (Å²) in [6.45, 7) is 2.03. The number of nitrogens with zero attached hydrogens (tertiary/aromatic N) is 1. The third-order valence-electron chi connectivity index (χ3n) is 4.24. The molecule has 1 fully saturated rings. The topological polar surface area (TPSA) is 24.9 Å². The minimum absolute atomic E-state index is 0.892. The number of aromatic nitrogens is 1. The number of benzene rings is 2. The summed E-state index contributed by atoms with van der Waals surface area (Å²) < 4.78 is 0. The highest BCUT2D eigenvalue weighted by molar-refractivity contribution is 7.15. The molecule has 3 aromatic rings. The SMILES string of the molecule is c1ccc(-c2ccc(-c3cnc(CNCC4CC4)s3)cc2)cc1. The molecule has 4 rings (SSSR count). The quantitative estimate of drug-likeness (QED) is 0.693. The molecule has 0 unspecified atom stereocenters. The molecule has 0 radical (unpaired) electrons. The van der Waals surface area contributed by atoms with Gasteiger partial charge in [0.15, 0.2) is 0 Å². The van der Waals surface area contributed by atoms with E-state index in [1.54, 1.807) is 11.3 Å². The average Bonchev–Trinajstić information content (AvgIpc) is 3.32. The fourth-order valence-electron chi connectivity index (χ4n) is 2.69. The molecule has 1 saturated carbocycles. The lowest BCUT2D eigenvalue weighted by Gasteiger charge is -2.03. The van der Waals surface area contributed by atoms with Crippen molar-refractivity contribution in [1.82, 2.24) is 10.3 Å². The lowest BCUT2D eigenvalue weighted by Crippen LogP contribution is -2.15. The minimum atomic E-state index is 0.892. The van der Waals surface area contributed by atoms with Gasteiger partial charge < -0.3 is 5.32 Å². The highest BCUT2D eigenvalue weighted by Gasteiger charge is 2.20. The smallest absolute Gasteiger partial charge is 0.107 e. The van der Waals surface area contributed by atoms with Gasteiger partial charge in [-0.1, -0.05) is 54.6 Å². The van der Waals surface area contributed by atoms with Crippen molar-refractivity contribution in [3.8, 4) is 21.6 Å². The number of thiazole rings is 1. The van der Waals surface area contributed by atoms with Crippen LogP contribution >= 0.6 is 11.3 Å². The van der Waals surface area contributed by atoms with E-state index in [1.165, 1.54) is 39.4 Å². The van der Waals surface area contributed by atoms with Crippen molar-refractivity contribution in [2.75, 3.05) is 6.54 Å². The lowest BCUT2D eigenvalue weighted by molar-refractivity contribution is 0.637. The summed E-state index contributed by atoms with van der Waals surface area (Å²) in [4.78, 5) is 5.79. The molecular formula is C20H20N2S. The van der Waals surface area contributed by atoms with Crippen LogP contribution < -0.4 is 5.32 Å². The summed E-state index contributed by atoms with van der Waals surface area (Å²) in [7, 11) is 0. The van der Waals surface area contributed by atoms with Crippen LogP contribution in [-0.2, 0) is 6.54 Å². The zero-order chi connectivity index (χ0) is 15.5.